The van der Waals surface area contributed by atoms with Crippen LogP contribution in [0.5, 0.6) is 0 Å². The molecule has 0 fully saturated rings. The molecule has 0 aliphatic carbocycles. The van der Waals surface area contributed by atoms with Gasteiger partial charge in [0.25, 0.3) is 11.8 Å². The fourth-order valence-electron chi connectivity index (χ4n) is 1.65. The molecule has 0 saturated heterocycles. The molecule has 2 aromatic rings. The minimum atomic E-state index is -0.730. The van der Waals surface area contributed by atoms with Gasteiger partial charge < -0.3 is 5.32 Å². The number of benzene rings is 2. The van der Waals surface area contributed by atoms with E-state index in [4.69, 9.17) is 0 Å². The third-order valence-electron chi connectivity index (χ3n) is 2.72. The number of amides is 2. The van der Waals surface area contributed by atoms with Gasteiger partial charge in [-0.3, -0.25) is 20.4 Å². The molecule has 114 valence electrons. The molecule has 0 unspecified atom stereocenters. The van der Waals surface area contributed by atoms with Gasteiger partial charge in [0, 0.05) is 10.2 Å². The van der Waals surface area contributed by atoms with Crippen LogP contribution in [0, 0.1) is 5.82 Å². The predicted molar refractivity (Wildman–Crippen MR) is 84.6 cm³/mol. The number of nitrogens with one attached hydrogen (secondary N) is 3. The largest absolute Gasteiger partial charge is 0.376 e. The summed E-state index contributed by atoms with van der Waals surface area (Å²) in [5.41, 5.74) is 5.00. The zero-order valence-corrected chi connectivity index (χ0v) is 13.0. The van der Waals surface area contributed by atoms with Gasteiger partial charge in [-0.2, -0.15) is 0 Å². The van der Waals surface area contributed by atoms with Gasteiger partial charge in [0.1, 0.15) is 5.82 Å². The third-order valence-corrected chi connectivity index (χ3v) is 3.21. The van der Waals surface area contributed by atoms with Crippen molar-refractivity contribution in [2.75, 3.05) is 11.9 Å². The molecule has 0 aromatic heterocycles. The highest BCUT2D eigenvalue weighted by molar-refractivity contribution is 9.10. The van der Waals surface area contributed by atoms with E-state index in [1.165, 1.54) is 12.1 Å². The van der Waals surface area contributed by atoms with Gasteiger partial charge in [-0.25, -0.2) is 4.39 Å². The predicted octanol–water partition coefficient (Wildman–Crippen LogP) is 2.46. The van der Waals surface area contributed by atoms with E-state index >= 15 is 0 Å². The summed E-state index contributed by atoms with van der Waals surface area (Å²) in [4.78, 5) is 23.4. The highest BCUT2D eigenvalue weighted by Gasteiger charge is 2.12. The van der Waals surface area contributed by atoms with Crippen molar-refractivity contribution in [2.24, 2.45) is 0 Å². The van der Waals surface area contributed by atoms with Crippen LogP contribution in [0.3, 0.4) is 0 Å². The van der Waals surface area contributed by atoms with Gasteiger partial charge in [0.2, 0.25) is 0 Å². The van der Waals surface area contributed by atoms with Crippen molar-refractivity contribution in [3.05, 3.63) is 64.4 Å². The number of carbonyl (C=O) groups is 2. The minimum Gasteiger partial charge on any atom is -0.376 e. The number of rotatable bonds is 4. The monoisotopic (exact) mass is 365 g/mol. The van der Waals surface area contributed by atoms with Crippen molar-refractivity contribution in [1.29, 1.82) is 0 Å². The number of hydrogen-bond donors (Lipinski definition) is 3. The molecule has 7 heteroatoms. The van der Waals surface area contributed by atoms with E-state index in [1.807, 2.05) is 30.3 Å². The van der Waals surface area contributed by atoms with Crippen LogP contribution in [0.2, 0.25) is 0 Å². The van der Waals surface area contributed by atoms with Crippen molar-refractivity contribution in [1.82, 2.24) is 10.9 Å². The number of hydrogen-bond acceptors (Lipinski definition) is 3. The maximum absolute atomic E-state index is 13.5. The first kappa shape index (κ1) is 16.0. The summed E-state index contributed by atoms with van der Waals surface area (Å²) in [5.74, 6) is -1.85. The lowest BCUT2D eigenvalue weighted by molar-refractivity contribution is -0.120. The zero-order valence-electron chi connectivity index (χ0n) is 11.4. The first-order chi connectivity index (χ1) is 10.6. The number of halogens is 2. The molecule has 2 amide bonds. The van der Waals surface area contributed by atoms with Crippen molar-refractivity contribution >= 4 is 33.4 Å². The summed E-state index contributed by atoms with van der Waals surface area (Å²) in [6.45, 7) is -0.0226. The lowest BCUT2D eigenvalue weighted by Crippen LogP contribution is -2.44. The molecule has 0 heterocycles. The lowest BCUT2D eigenvalue weighted by Gasteiger charge is -2.09. The van der Waals surface area contributed by atoms with E-state index in [2.05, 4.69) is 32.1 Å². The van der Waals surface area contributed by atoms with Crippen molar-refractivity contribution < 1.29 is 14.0 Å². The Morgan fingerprint density at radius 1 is 1.05 bits per heavy atom. The van der Waals surface area contributed by atoms with E-state index in [0.29, 0.717) is 4.47 Å². The molecule has 2 rings (SSSR count). The SMILES string of the molecule is O=C(CNc1ccccc1)NNC(=O)c1cc(Br)ccc1F. The summed E-state index contributed by atoms with van der Waals surface area (Å²) in [6, 6.07) is 13.1. The second-order valence-corrected chi connectivity index (χ2v) is 5.26. The average molecular weight is 366 g/mol. The second-order valence-electron chi connectivity index (χ2n) is 4.35. The Balaban J connectivity index is 1.83. The molecular weight excluding hydrogens is 353 g/mol. The molecule has 0 atom stereocenters. The van der Waals surface area contributed by atoms with Crippen LogP contribution in [0.15, 0.2) is 53.0 Å². The topological polar surface area (TPSA) is 70.2 Å². The van der Waals surface area contributed by atoms with E-state index < -0.39 is 17.6 Å². The molecule has 22 heavy (non-hydrogen) atoms. The van der Waals surface area contributed by atoms with Gasteiger partial charge in [0.15, 0.2) is 0 Å². The van der Waals surface area contributed by atoms with E-state index in [0.717, 1.165) is 11.8 Å². The Hall–Kier alpha value is -2.41. The number of carbonyl (C=O) groups excluding carboxylic acids is 2. The zero-order chi connectivity index (χ0) is 15.9. The van der Waals surface area contributed by atoms with Crippen LogP contribution in [0.4, 0.5) is 10.1 Å². The van der Waals surface area contributed by atoms with Gasteiger partial charge in [-0.05, 0) is 30.3 Å². The molecule has 5 nitrogen and oxygen atoms in total. The van der Waals surface area contributed by atoms with Crippen LogP contribution < -0.4 is 16.2 Å². The van der Waals surface area contributed by atoms with E-state index in [-0.39, 0.29) is 12.1 Å². The summed E-state index contributed by atoms with van der Waals surface area (Å²) in [7, 11) is 0. The molecule has 2 aromatic carbocycles. The first-order valence-electron chi connectivity index (χ1n) is 6.39. The normalized spacial score (nSPS) is 9.91. The van der Waals surface area contributed by atoms with Crippen LogP contribution in [0.1, 0.15) is 10.4 Å². The highest BCUT2D eigenvalue weighted by atomic mass is 79.9. The van der Waals surface area contributed by atoms with Gasteiger partial charge in [-0.1, -0.05) is 34.1 Å². The fraction of sp³-hybridized carbons (Fsp3) is 0.0667. The number of hydrazine groups is 1. The maximum Gasteiger partial charge on any atom is 0.272 e. The lowest BCUT2D eigenvalue weighted by atomic mass is 10.2. The first-order valence-corrected chi connectivity index (χ1v) is 7.19. The molecule has 0 saturated carbocycles. The molecule has 0 radical (unpaired) electrons. The average Bonchev–Trinajstić information content (AvgIpc) is 2.54. The number of anilines is 1. The molecule has 3 N–H and O–H groups in total. The Kier molecular flexibility index (Phi) is 5.48. The van der Waals surface area contributed by atoms with Crippen molar-refractivity contribution in [3.8, 4) is 0 Å². The van der Waals surface area contributed by atoms with Crippen LogP contribution in [-0.4, -0.2) is 18.4 Å². The van der Waals surface area contributed by atoms with Crippen LogP contribution in [0.25, 0.3) is 0 Å². The Bertz CT molecular complexity index is 680. The highest BCUT2D eigenvalue weighted by Crippen LogP contribution is 2.15. The summed E-state index contributed by atoms with van der Waals surface area (Å²) in [5, 5.41) is 2.88. The van der Waals surface area contributed by atoms with Gasteiger partial charge >= 0.3 is 0 Å². The fourth-order valence-corrected chi connectivity index (χ4v) is 2.01. The summed E-state index contributed by atoms with van der Waals surface area (Å²) >= 11 is 3.15. The van der Waals surface area contributed by atoms with E-state index in [9.17, 15) is 14.0 Å². The number of para-hydroxylation sites is 1. The quantitative estimate of drug-likeness (QED) is 0.729. The second kappa shape index (κ2) is 7.56. The maximum atomic E-state index is 13.5. The van der Waals surface area contributed by atoms with Gasteiger partial charge in [-0.15, -0.1) is 0 Å². The van der Waals surface area contributed by atoms with E-state index in [1.54, 1.807) is 0 Å². The van der Waals surface area contributed by atoms with Crippen molar-refractivity contribution in [3.63, 3.8) is 0 Å². The third kappa shape index (κ3) is 4.56. The summed E-state index contributed by atoms with van der Waals surface area (Å²) < 4.78 is 14.1. The smallest absolute Gasteiger partial charge is 0.272 e. The summed E-state index contributed by atoms with van der Waals surface area (Å²) in [6.07, 6.45) is 0. The molecule has 0 spiro atoms. The Morgan fingerprint density at radius 2 is 1.77 bits per heavy atom. The van der Waals surface area contributed by atoms with Crippen LogP contribution in [-0.2, 0) is 4.79 Å². The molecule has 0 bridgehead atoms. The van der Waals surface area contributed by atoms with Crippen LogP contribution >= 0.6 is 15.9 Å². The van der Waals surface area contributed by atoms with Crippen molar-refractivity contribution in [2.45, 2.75) is 0 Å². The standard InChI is InChI=1S/C15H13BrFN3O2/c16-10-6-7-13(17)12(8-10)15(22)20-19-14(21)9-18-11-4-2-1-3-5-11/h1-8,18H,9H2,(H,19,21)(H,20,22). The van der Waals surface area contributed by atoms with Gasteiger partial charge in [0.05, 0.1) is 12.1 Å². The molecule has 0 aliphatic rings. The molecular formula is C15H13BrFN3O2. The minimum absolute atomic E-state index is 0.0226. The Morgan fingerprint density at radius 3 is 2.50 bits per heavy atom. The molecule has 0 aliphatic heterocycles. The Labute approximate surface area is 135 Å².